The van der Waals surface area contributed by atoms with E-state index in [0.29, 0.717) is 26.0 Å². The highest BCUT2D eigenvalue weighted by Gasteiger charge is 2.54. The number of amides is 3. The zero-order valence-corrected chi connectivity index (χ0v) is 31.5. The van der Waals surface area contributed by atoms with Gasteiger partial charge < -0.3 is 30.1 Å². The Hall–Kier alpha value is -3.68. The summed E-state index contributed by atoms with van der Waals surface area (Å²) in [4.78, 5) is 75.7. The monoisotopic (exact) mass is 774 g/mol. The van der Waals surface area contributed by atoms with E-state index in [9.17, 15) is 42.3 Å². The molecule has 0 radical (unpaired) electrons. The maximum absolute atomic E-state index is 13.9. The lowest BCUT2D eigenvalue weighted by Crippen LogP contribution is -2.59. The van der Waals surface area contributed by atoms with Crippen molar-refractivity contribution in [2.24, 2.45) is 11.8 Å². The summed E-state index contributed by atoms with van der Waals surface area (Å²) in [5.41, 5.74) is -2.19. The minimum atomic E-state index is -4.65. The summed E-state index contributed by atoms with van der Waals surface area (Å²) in [6.07, 6.45) is -4.75. The van der Waals surface area contributed by atoms with E-state index in [2.05, 4.69) is 20.6 Å². The van der Waals surface area contributed by atoms with Gasteiger partial charge in [-0.2, -0.15) is 13.2 Å². The number of ether oxygens (including phenoxy) is 2. The molecule has 2 aromatic rings. The third kappa shape index (κ3) is 10.5. The van der Waals surface area contributed by atoms with E-state index in [1.807, 2.05) is 25.8 Å². The summed E-state index contributed by atoms with van der Waals surface area (Å²) in [6.45, 7) is 7.81. The molecule has 0 bridgehead atoms. The van der Waals surface area contributed by atoms with Crippen LogP contribution in [0.3, 0.4) is 0 Å². The van der Waals surface area contributed by atoms with Crippen molar-refractivity contribution in [3.05, 3.63) is 32.2 Å². The maximum atomic E-state index is 13.9. The number of esters is 1. The molecular formula is C33H45F3N6O8S2. The molecule has 3 N–H and O–H groups in total. The Morgan fingerprint density at radius 2 is 1.83 bits per heavy atom. The highest BCUT2D eigenvalue weighted by molar-refractivity contribution is 7.10. The molecule has 2 aliphatic rings. The first-order valence-electron chi connectivity index (χ1n) is 16.9. The van der Waals surface area contributed by atoms with Gasteiger partial charge in [0.25, 0.3) is 5.91 Å². The zero-order valence-electron chi connectivity index (χ0n) is 29.8. The number of carboxylic acid groups (broad SMARTS) is 1. The molecule has 1 saturated carbocycles. The summed E-state index contributed by atoms with van der Waals surface area (Å²) >= 11 is 1.80. The number of nitrogens with one attached hydrogen (secondary N) is 2. The van der Waals surface area contributed by atoms with Crippen molar-refractivity contribution in [1.29, 1.82) is 0 Å². The molecule has 2 fully saturated rings. The van der Waals surface area contributed by atoms with Crippen LogP contribution < -0.4 is 10.6 Å². The van der Waals surface area contributed by atoms with Gasteiger partial charge >= 0.3 is 18.1 Å². The molecule has 2 aromatic heterocycles. The number of halogens is 3. The van der Waals surface area contributed by atoms with Gasteiger partial charge in [0.05, 0.1) is 24.1 Å². The van der Waals surface area contributed by atoms with Crippen molar-refractivity contribution in [3.63, 3.8) is 0 Å². The molecule has 0 unspecified atom stereocenters. The molecule has 288 valence electrons. The average Bonchev–Trinajstić information content (AvgIpc) is 3.41. The quantitative estimate of drug-likeness (QED) is 0.213. The van der Waals surface area contributed by atoms with Gasteiger partial charge in [0.2, 0.25) is 11.8 Å². The van der Waals surface area contributed by atoms with Crippen molar-refractivity contribution in [2.45, 2.75) is 95.7 Å². The smallest absolute Gasteiger partial charge is 0.434 e. The fourth-order valence-corrected chi connectivity index (χ4v) is 7.77. The topological polar surface area (TPSA) is 180 Å². The number of carbonyl (C=O) groups excluding carboxylic acids is 4. The lowest BCUT2D eigenvalue weighted by Gasteiger charge is -2.37. The summed E-state index contributed by atoms with van der Waals surface area (Å²) in [7, 11) is 3.47. The van der Waals surface area contributed by atoms with Gasteiger partial charge in [0.15, 0.2) is 11.8 Å². The Kier molecular flexibility index (Phi) is 13.4. The fourth-order valence-electron chi connectivity index (χ4n) is 6.05. The number of likely N-dealkylation sites (N-methyl/N-ethyl adjacent to an activating group) is 2. The van der Waals surface area contributed by atoms with Crippen LogP contribution in [-0.2, 0) is 41.2 Å². The van der Waals surface area contributed by atoms with Gasteiger partial charge in [-0.1, -0.05) is 20.8 Å². The van der Waals surface area contributed by atoms with Crippen molar-refractivity contribution in [1.82, 2.24) is 30.4 Å². The van der Waals surface area contributed by atoms with Crippen molar-refractivity contribution in [3.8, 4) is 0 Å². The van der Waals surface area contributed by atoms with Crippen LogP contribution in [0.1, 0.15) is 85.7 Å². The molecule has 3 heterocycles. The molecular weight excluding hydrogens is 730 g/mol. The average molecular weight is 775 g/mol. The molecule has 0 spiro atoms. The second kappa shape index (κ2) is 17.0. The van der Waals surface area contributed by atoms with Gasteiger partial charge in [-0.3, -0.25) is 28.9 Å². The number of hydrogen-bond acceptors (Lipinski definition) is 12. The highest BCUT2D eigenvalue weighted by atomic mass is 32.1. The molecule has 14 nitrogen and oxygen atoms in total. The third-order valence-electron chi connectivity index (χ3n) is 9.26. The molecule has 5 atom stereocenters. The highest BCUT2D eigenvalue weighted by Crippen LogP contribution is 2.39. The molecule has 1 saturated heterocycles. The van der Waals surface area contributed by atoms with E-state index in [1.54, 1.807) is 11.9 Å². The summed E-state index contributed by atoms with van der Waals surface area (Å²) in [5.74, 6) is -4.07. The van der Waals surface area contributed by atoms with E-state index in [1.165, 1.54) is 19.2 Å². The number of carboxylic acids is 1. The normalized spacial score (nSPS) is 19.6. The summed E-state index contributed by atoms with van der Waals surface area (Å²) in [5, 5.41) is 17.7. The first-order chi connectivity index (χ1) is 24.3. The van der Waals surface area contributed by atoms with Crippen LogP contribution in [0.4, 0.5) is 13.2 Å². The largest absolute Gasteiger partial charge is 0.481 e. The van der Waals surface area contributed by atoms with Crippen LogP contribution in [0.2, 0.25) is 0 Å². The van der Waals surface area contributed by atoms with Gasteiger partial charge in [0.1, 0.15) is 22.3 Å². The van der Waals surface area contributed by atoms with Crippen LogP contribution in [0.25, 0.3) is 0 Å². The fraction of sp³-hybridized carbons (Fsp3) is 0.667. The van der Waals surface area contributed by atoms with Crippen LogP contribution in [0, 0.1) is 11.8 Å². The van der Waals surface area contributed by atoms with E-state index in [0.717, 1.165) is 28.1 Å². The van der Waals surface area contributed by atoms with E-state index in [-0.39, 0.29) is 59.3 Å². The SMILES string of the molecule is CC(=O)O[C@H](C[C@H](C(C)C)N(C)C(=O)C1(NC(=O)[C@H]2COCCN2C)CC1)c1nc(C(=O)N[C@@H](Cc2nc(C(F)(F)F)cs2)C[C@H](C)C(=O)O)cs1. The maximum Gasteiger partial charge on any atom is 0.434 e. The van der Waals surface area contributed by atoms with E-state index in [4.69, 9.17) is 9.47 Å². The number of alkyl halides is 3. The second-order valence-electron chi connectivity index (χ2n) is 13.7. The van der Waals surface area contributed by atoms with Crippen LogP contribution in [0.5, 0.6) is 0 Å². The number of aromatic nitrogens is 2. The molecule has 1 aliphatic carbocycles. The molecule has 1 aliphatic heterocycles. The van der Waals surface area contributed by atoms with Crippen LogP contribution in [-0.4, -0.2) is 112 Å². The van der Waals surface area contributed by atoms with Crippen LogP contribution in [0.15, 0.2) is 10.8 Å². The Bertz CT molecular complexity index is 1610. The Labute approximate surface area is 307 Å². The van der Waals surface area contributed by atoms with Crippen molar-refractivity contribution < 1.29 is 51.7 Å². The van der Waals surface area contributed by atoms with Crippen LogP contribution >= 0.6 is 22.7 Å². The number of carbonyl (C=O) groups is 5. The van der Waals surface area contributed by atoms with E-state index >= 15 is 0 Å². The molecule has 3 amide bonds. The number of rotatable bonds is 16. The van der Waals surface area contributed by atoms with Crippen molar-refractivity contribution >= 4 is 52.3 Å². The number of morpholine rings is 1. The van der Waals surface area contributed by atoms with Gasteiger partial charge in [-0.25, -0.2) is 9.97 Å². The number of nitrogens with zero attached hydrogens (tertiary/aromatic N) is 4. The first kappa shape index (κ1) is 41.1. The lowest BCUT2D eigenvalue weighted by atomic mass is 9.95. The predicted molar refractivity (Wildman–Crippen MR) is 183 cm³/mol. The van der Waals surface area contributed by atoms with Crippen molar-refractivity contribution in [2.75, 3.05) is 33.9 Å². The summed E-state index contributed by atoms with van der Waals surface area (Å²) in [6, 6.07) is -1.87. The number of thiazole rings is 2. The summed E-state index contributed by atoms with van der Waals surface area (Å²) < 4.78 is 50.5. The predicted octanol–water partition coefficient (Wildman–Crippen LogP) is 3.53. The lowest BCUT2D eigenvalue weighted by molar-refractivity contribution is -0.149. The molecule has 0 aromatic carbocycles. The van der Waals surface area contributed by atoms with Gasteiger partial charge in [-0.15, -0.1) is 22.7 Å². The molecule has 19 heteroatoms. The first-order valence-corrected chi connectivity index (χ1v) is 18.6. The number of hydrogen-bond donors (Lipinski definition) is 3. The Balaban J connectivity index is 1.48. The molecule has 4 rings (SSSR count). The Morgan fingerprint density at radius 3 is 2.38 bits per heavy atom. The second-order valence-corrected chi connectivity index (χ2v) is 15.6. The third-order valence-corrected chi connectivity index (χ3v) is 11.1. The minimum absolute atomic E-state index is 0.0675. The van der Waals surface area contributed by atoms with Gasteiger partial charge in [-0.05, 0) is 32.2 Å². The minimum Gasteiger partial charge on any atom is -0.481 e. The number of aliphatic carboxylic acids is 1. The standard InChI is InChI=1S/C33H45F3N6O8S2/c1-17(2)22(42(6)31(48)32(7-8-32)40-28(45)23-14-49-10-9-41(23)5)13-24(50-19(4)43)29-38-21(15-52-29)27(44)37-20(11-18(3)30(46)47)12-26-39-25(16-51-26)33(34,35)36/h15-18,20,22-24H,7-14H2,1-6H3,(H,37,44)(H,40,45)(H,46,47)/t18-,20+,22+,23+,24+/m0/s1. The zero-order chi connectivity index (χ0) is 38.5. The van der Waals surface area contributed by atoms with E-state index < -0.39 is 65.4 Å². The molecule has 52 heavy (non-hydrogen) atoms. The van der Waals surface area contributed by atoms with Gasteiger partial charge in [0, 0.05) is 56.2 Å². The Morgan fingerprint density at radius 1 is 1.13 bits per heavy atom.